The Bertz CT molecular complexity index is 495. The molecule has 6 nitrogen and oxygen atoms in total. The van der Waals surface area contributed by atoms with E-state index in [4.69, 9.17) is 13.9 Å². The number of carbonyl (C=O) groups excluding carboxylic acids is 2. The maximum Gasteiger partial charge on any atom is 0.416 e. The lowest BCUT2D eigenvalue weighted by molar-refractivity contribution is -0.136. The fourth-order valence-electron chi connectivity index (χ4n) is 3.46. The van der Waals surface area contributed by atoms with Crippen LogP contribution in [-0.2, 0) is 18.7 Å². The van der Waals surface area contributed by atoms with Crippen LogP contribution in [0.1, 0.15) is 33.6 Å². The number of hydrogen-bond donors (Lipinski definition) is 0. The van der Waals surface area contributed by atoms with E-state index in [9.17, 15) is 9.59 Å². The zero-order valence-electron chi connectivity index (χ0n) is 15.2. The minimum Gasteiger partial charge on any atom is -0.547 e. The first-order chi connectivity index (χ1) is 11.5. The number of imide groups is 1. The van der Waals surface area contributed by atoms with E-state index in [-0.39, 0.29) is 24.5 Å². The van der Waals surface area contributed by atoms with Crippen LogP contribution in [-0.4, -0.2) is 51.6 Å². The summed E-state index contributed by atoms with van der Waals surface area (Å²) in [6, 6.07) is 3.24. The first-order valence-corrected chi connectivity index (χ1v) is 11.4. The van der Waals surface area contributed by atoms with Gasteiger partial charge < -0.3 is 13.9 Å². The van der Waals surface area contributed by atoms with Crippen LogP contribution in [0.25, 0.3) is 0 Å². The smallest absolute Gasteiger partial charge is 0.416 e. The number of cyclic esters (lactones) is 1. The van der Waals surface area contributed by atoms with Crippen molar-refractivity contribution in [3.05, 3.63) is 11.8 Å². The van der Waals surface area contributed by atoms with Crippen LogP contribution in [0, 0.1) is 5.92 Å². The largest absolute Gasteiger partial charge is 0.547 e. The van der Waals surface area contributed by atoms with E-state index >= 15 is 0 Å². The summed E-state index contributed by atoms with van der Waals surface area (Å²) < 4.78 is 16.8. The number of nitrogens with zero attached hydrogens (tertiary/aromatic N) is 1. The van der Waals surface area contributed by atoms with E-state index in [1.165, 1.54) is 4.90 Å². The molecule has 1 saturated heterocycles. The fraction of sp³-hybridized carbons (Fsp3) is 0.765. The van der Waals surface area contributed by atoms with Gasteiger partial charge in [0.2, 0.25) is 14.2 Å². The molecule has 1 heterocycles. The highest BCUT2D eigenvalue weighted by molar-refractivity contribution is 6.73. The third-order valence-corrected chi connectivity index (χ3v) is 9.91. The summed E-state index contributed by atoms with van der Waals surface area (Å²) in [6.07, 6.45) is 2.39. The molecule has 136 valence electrons. The Morgan fingerprint density at radius 3 is 2.50 bits per heavy atom. The van der Waals surface area contributed by atoms with Crippen molar-refractivity contribution in [2.24, 2.45) is 5.92 Å². The minimum atomic E-state index is -1.73. The molecular weight excluding hydrogens is 326 g/mol. The van der Waals surface area contributed by atoms with Gasteiger partial charge in [-0.2, -0.15) is 0 Å². The lowest BCUT2D eigenvalue weighted by Gasteiger charge is -2.35. The highest BCUT2D eigenvalue weighted by atomic mass is 28.4. The first-order valence-electron chi connectivity index (χ1n) is 8.90. The lowest BCUT2D eigenvalue weighted by atomic mass is 9.89. The van der Waals surface area contributed by atoms with Crippen LogP contribution in [0.4, 0.5) is 4.79 Å². The number of methoxy groups -OCH3 is 1. The molecule has 1 aliphatic heterocycles. The third kappa shape index (κ3) is 3.83. The van der Waals surface area contributed by atoms with Crippen molar-refractivity contribution in [1.82, 2.24) is 4.90 Å². The second-order valence-corrected chi connectivity index (χ2v) is 11.1. The molecule has 7 heteroatoms. The number of allylic oxidation sites excluding steroid dienone is 1. The van der Waals surface area contributed by atoms with Gasteiger partial charge >= 0.3 is 6.09 Å². The number of ether oxygens (including phenoxy) is 2. The maximum atomic E-state index is 12.6. The molecule has 0 N–H and O–H groups in total. The zero-order valence-corrected chi connectivity index (χ0v) is 16.2. The summed E-state index contributed by atoms with van der Waals surface area (Å²) in [5.41, 5.74) is 0. The average molecular weight is 356 g/mol. The van der Waals surface area contributed by atoms with Gasteiger partial charge in [-0.25, -0.2) is 9.69 Å². The van der Waals surface area contributed by atoms with Gasteiger partial charge in [-0.05, 0) is 30.6 Å². The van der Waals surface area contributed by atoms with Gasteiger partial charge in [0, 0.05) is 13.5 Å². The predicted molar refractivity (Wildman–Crippen MR) is 92.9 cm³/mol. The maximum absolute atomic E-state index is 12.6. The van der Waals surface area contributed by atoms with Gasteiger partial charge in [-0.3, -0.25) is 4.79 Å². The molecule has 0 aromatic heterocycles. The van der Waals surface area contributed by atoms with Crippen molar-refractivity contribution in [3.8, 4) is 0 Å². The van der Waals surface area contributed by atoms with E-state index in [2.05, 4.69) is 20.8 Å². The fourth-order valence-corrected chi connectivity index (χ4v) is 6.12. The van der Waals surface area contributed by atoms with Gasteiger partial charge in [-0.1, -0.05) is 20.8 Å². The van der Waals surface area contributed by atoms with Crippen molar-refractivity contribution < 1.29 is 23.5 Å². The molecule has 0 aromatic carbocycles. The number of rotatable bonds is 7. The topological polar surface area (TPSA) is 65.1 Å². The summed E-state index contributed by atoms with van der Waals surface area (Å²) in [4.78, 5) is 25.4. The Labute approximate surface area is 145 Å². The number of carbonyl (C=O) groups is 2. The van der Waals surface area contributed by atoms with Gasteiger partial charge in [0.25, 0.3) is 0 Å². The lowest BCUT2D eigenvalue weighted by Crippen LogP contribution is -2.43. The summed E-state index contributed by atoms with van der Waals surface area (Å²) in [7, 11) is -0.132. The third-order valence-electron chi connectivity index (χ3n) is 5.35. The molecule has 0 bridgehead atoms. The highest BCUT2D eigenvalue weighted by Crippen LogP contribution is 2.33. The van der Waals surface area contributed by atoms with Gasteiger partial charge in [0.1, 0.15) is 6.61 Å². The predicted octanol–water partition coefficient (Wildman–Crippen LogP) is 3.30. The molecule has 1 aliphatic carbocycles. The minimum absolute atomic E-state index is 0.204. The summed E-state index contributed by atoms with van der Waals surface area (Å²) in [5.74, 6) is 0.394. The molecule has 2 aliphatic rings. The van der Waals surface area contributed by atoms with Gasteiger partial charge in [0.05, 0.1) is 24.3 Å². The van der Waals surface area contributed by atoms with E-state index in [1.807, 2.05) is 6.08 Å². The summed E-state index contributed by atoms with van der Waals surface area (Å²) in [6.45, 7) is 7.19. The van der Waals surface area contributed by atoms with Crippen LogP contribution >= 0.6 is 0 Å². The standard InChI is InChI=1S/C17H29NO5Si/c1-5-24(6-2,7-3)23-13-8-9-14(15(12-13)21-4)16(19)18-10-11-22-17(18)20/h12,14-15H,5-11H2,1-4H3/t14-,15-/m0/s1. The van der Waals surface area contributed by atoms with Crippen molar-refractivity contribution >= 4 is 20.3 Å². The molecule has 24 heavy (non-hydrogen) atoms. The van der Waals surface area contributed by atoms with Crippen LogP contribution in [0.3, 0.4) is 0 Å². The molecule has 0 unspecified atom stereocenters. The quantitative estimate of drug-likeness (QED) is 0.656. The SMILES string of the molecule is CC[Si](CC)(CC)OC1=C[C@H](OC)[C@@H](C(=O)N2CCOC2=O)CC1. The summed E-state index contributed by atoms with van der Waals surface area (Å²) in [5, 5.41) is 0. The molecule has 0 spiro atoms. The second kappa shape index (κ2) is 8.16. The van der Waals surface area contributed by atoms with Crippen molar-refractivity contribution in [2.75, 3.05) is 20.3 Å². The first kappa shape index (κ1) is 19.0. The van der Waals surface area contributed by atoms with Gasteiger partial charge in [-0.15, -0.1) is 0 Å². The van der Waals surface area contributed by atoms with Crippen LogP contribution in [0.15, 0.2) is 11.8 Å². The van der Waals surface area contributed by atoms with E-state index in [1.54, 1.807) is 7.11 Å². The Balaban J connectivity index is 2.11. The normalized spacial score (nSPS) is 24.6. The molecule has 2 rings (SSSR count). The monoisotopic (exact) mass is 355 g/mol. The Kier molecular flexibility index (Phi) is 6.45. The summed E-state index contributed by atoms with van der Waals surface area (Å²) >= 11 is 0. The molecule has 0 radical (unpaired) electrons. The van der Waals surface area contributed by atoms with Crippen molar-refractivity contribution in [1.29, 1.82) is 0 Å². The van der Waals surface area contributed by atoms with Crippen molar-refractivity contribution in [2.45, 2.75) is 57.8 Å². The van der Waals surface area contributed by atoms with Crippen LogP contribution < -0.4 is 0 Å². The molecule has 2 atom stereocenters. The van der Waals surface area contributed by atoms with E-state index < -0.39 is 14.4 Å². The average Bonchev–Trinajstić information content (AvgIpc) is 3.05. The molecule has 0 aromatic rings. The Hall–Kier alpha value is -1.34. The molecular formula is C17H29NO5Si. The molecule has 0 saturated carbocycles. The zero-order chi connectivity index (χ0) is 17.7. The number of amides is 2. The molecule has 1 fully saturated rings. The highest BCUT2D eigenvalue weighted by Gasteiger charge is 2.40. The van der Waals surface area contributed by atoms with Crippen LogP contribution in [0.5, 0.6) is 0 Å². The number of hydrogen-bond acceptors (Lipinski definition) is 5. The van der Waals surface area contributed by atoms with Gasteiger partial charge in [0.15, 0.2) is 0 Å². The Morgan fingerprint density at radius 1 is 1.33 bits per heavy atom. The Morgan fingerprint density at radius 2 is 2.00 bits per heavy atom. The van der Waals surface area contributed by atoms with E-state index in [0.29, 0.717) is 19.4 Å². The van der Waals surface area contributed by atoms with Crippen molar-refractivity contribution in [3.63, 3.8) is 0 Å². The second-order valence-electron chi connectivity index (χ2n) is 6.43. The molecule has 2 amide bonds. The van der Waals surface area contributed by atoms with E-state index in [0.717, 1.165) is 23.9 Å². The van der Waals surface area contributed by atoms with Crippen LogP contribution in [0.2, 0.25) is 18.1 Å².